The Kier molecular flexibility index (Phi) is 10.7. The number of esters is 2. The monoisotopic (exact) mass is 499 g/mol. The molecule has 1 fully saturated rings. The molecule has 2 aromatic rings. The Morgan fingerprint density at radius 1 is 0.917 bits per heavy atom. The average molecular weight is 500 g/mol. The highest BCUT2D eigenvalue weighted by Gasteiger charge is 2.47. The molecule has 0 saturated carbocycles. The maximum absolute atomic E-state index is 11.7. The summed E-state index contributed by atoms with van der Waals surface area (Å²) in [7, 11) is 0. The maximum Gasteiger partial charge on any atom is 0.303 e. The van der Waals surface area contributed by atoms with Crippen LogP contribution < -0.4 is 4.74 Å². The Labute approximate surface area is 213 Å². The highest BCUT2D eigenvalue weighted by atomic mass is 16.7. The van der Waals surface area contributed by atoms with Crippen LogP contribution >= 0.6 is 0 Å². The fourth-order valence-electron chi connectivity index (χ4n) is 4.35. The van der Waals surface area contributed by atoms with Crippen LogP contribution in [0.3, 0.4) is 0 Å². The summed E-state index contributed by atoms with van der Waals surface area (Å²) in [5.41, 5.74) is 2.29. The third-order valence-electron chi connectivity index (χ3n) is 6.23. The molecule has 1 aromatic heterocycles. The predicted molar refractivity (Wildman–Crippen MR) is 133 cm³/mol. The number of unbranched alkanes of at least 4 members (excludes halogenated alkanes) is 1. The van der Waals surface area contributed by atoms with Crippen molar-refractivity contribution in [2.24, 2.45) is 5.92 Å². The van der Waals surface area contributed by atoms with Gasteiger partial charge in [-0.2, -0.15) is 0 Å². The molecule has 3 rings (SSSR count). The number of carbonyl (C=O) groups excluding carboxylic acids is 2. The van der Waals surface area contributed by atoms with Crippen molar-refractivity contribution in [3.8, 4) is 5.75 Å². The van der Waals surface area contributed by atoms with Crippen molar-refractivity contribution < 1.29 is 33.3 Å². The minimum Gasteiger partial charge on any atom is -0.489 e. The van der Waals surface area contributed by atoms with Crippen molar-refractivity contribution in [3.63, 3.8) is 0 Å². The van der Waals surface area contributed by atoms with Crippen molar-refractivity contribution in [2.75, 3.05) is 6.61 Å². The van der Waals surface area contributed by atoms with Crippen LogP contribution in [0.25, 0.3) is 0 Å². The van der Waals surface area contributed by atoms with E-state index in [1.165, 1.54) is 19.4 Å². The van der Waals surface area contributed by atoms with E-state index in [0.717, 1.165) is 37.0 Å². The molecule has 0 aliphatic carbocycles. The molecule has 196 valence electrons. The van der Waals surface area contributed by atoms with Gasteiger partial charge in [0.2, 0.25) is 0 Å². The first-order chi connectivity index (χ1) is 17.4. The van der Waals surface area contributed by atoms with E-state index in [1.807, 2.05) is 38.1 Å². The zero-order chi connectivity index (χ0) is 25.9. The number of carbonyl (C=O) groups is 2. The Balaban J connectivity index is 1.46. The number of hydrogen-bond donors (Lipinski definition) is 0. The molecule has 5 atom stereocenters. The molecule has 0 unspecified atom stereocenters. The summed E-state index contributed by atoms with van der Waals surface area (Å²) < 4.78 is 28.9. The Bertz CT molecular complexity index is 950. The molecule has 0 spiro atoms. The summed E-state index contributed by atoms with van der Waals surface area (Å²) in [6.45, 7) is 7.56. The molecule has 1 saturated heterocycles. The number of hydrogen-bond acceptors (Lipinski definition) is 8. The zero-order valence-electron chi connectivity index (χ0n) is 21.6. The number of ether oxygens (including phenoxy) is 5. The van der Waals surface area contributed by atoms with Crippen LogP contribution in [0.2, 0.25) is 0 Å². The molecule has 1 aliphatic heterocycles. The van der Waals surface area contributed by atoms with E-state index >= 15 is 0 Å². The van der Waals surface area contributed by atoms with Gasteiger partial charge in [-0.05, 0) is 61.1 Å². The molecule has 0 N–H and O–H groups in total. The maximum atomic E-state index is 11.7. The quantitative estimate of drug-likeness (QED) is 0.308. The summed E-state index contributed by atoms with van der Waals surface area (Å²) >= 11 is 0. The van der Waals surface area contributed by atoms with E-state index in [9.17, 15) is 9.59 Å². The number of benzene rings is 1. The van der Waals surface area contributed by atoms with E-state index in [-0.39, 0.29) is 12.0 Å². The lowest BCUT2D eigenvalue weighted by molar-refractivity contribution is -0.290. The van der Waals surface area contributed by atoms with E-state index in [0.29, 0.717) is 13.2 Å². The lowest BCUT2D eigenvalue weighted by atomic mass is 9.89. The van der Waals surface area contributed by atoms with Gasteiger partial charge in [-0.25, -0.2) is 0 Å². The van der Waals surface area contributed by atoms with Gasteiger partial charge in [0.15, 0.2) is 12.4 Å². The van der Waals surface area contributed by atoms with Crippen LogP contribution in [0.4, 0.5) is 0 Å². The van der Waals surface area contributed by atoms with Crippen LogP contribution in [0.5, 0.6) is 5.75 Å². The molecule has 8 nitrogen and oxygen atoms in total. The van der Waals surface area contributed by atoms with Gasteiger partial charge in [0, 0.05) is 38.8 Å². The van der Waals surface area contributed by atoms with E-state index in [1.54, 1.807) is 12.4 Å². The number of aromatic nitrogens is 1. The standard InChI is InChI=1S/C28H37NO7/c1-5-25-19(2)26(34-20(3)30)27(35-21(4)31)28(36-25)32-17-7-6-8-22-9-11-24(12-10-22)33-18-23-13-15-29-16-14-23/h9-16,19,25-28H,5-8,17-18H2,1-4H3/t19-,25-,26+,27-,28-/m1/s1. The van der Waals surface area contributed by atoms with Gasteiger partial charge in [-0.1, -0.05) is 26.0 Å². The van der Waals surface area contributed by atoms with Crippen LogP contribution in [0, 0.1) is 5.92 Å². The average Bonchev–Trinajstić information content (AvgIpc) is 2.86. The molecule has 0 bridgehead atoms. The third-order valence-corrected chi connectivity index (χ3v) is 6.23. The van der Waals surface area contributed by atoms with Gasteiger partial charge in [0.25, 0.3) is 0 Å². The molecule has 2 heterocycles. The van der Waals surface area contributed by atoms with E-state index in [2.05, 4.69) is 17.1 Å². The van der Waals surface area contributed by atoms with Gasteiger partial charge in [-0.3, -0.25) is 14.6 Å². The highest BCUT2D eigenvalue weighted by molar-refractivity contribution is 5.67. The minimum atomic E-state index is -0.802. The Morgan fingerprint density at radius 2 is 1.58 bits per heavy atom. The molecular formula is C28H37NO7. The minimum absolute atomic E-state index is 0.125. The fourth-order valence-corrected chi connectivity index (χ4v) is 4.35. The van der Waals surface area contributed by atoms with Crippen LogP contribution in [0.15, 0.2) is 48.8 Å². The number of pyridine rings is 1. The molecule has 36 heavy (non-hydrogen) atoms. The van der Waals surface area contributed by atoms with Crippen molar-refractivity contribution in [3.05, 3.63) is 59.9 Å². The Hall–Kier alpha value is -2.97. The molecule has 0 amide bonds. The first-order valence-corrected chi connectivity index (χ1v) is 12.6. The molecule has 8 heteroatoms. The topological polar surface area (TPSA) is 93.2 Å². The Morgan fingerprint density at radius 3 is 2.22 bits per heavy atom. The van der Waals surface area contributed by atoms with Crippen LogP contribution in [0.1, 0.15) is 58.1 Å². The smallest absolute Gasteiger partial charge is 0.303 e. The van der Waals surface area contributed by atoms with Crippen molar-refractivity contribution in [1.29, 1.82) is 0 Å². The summed E-state index contributed by atoms with van der Waals surface area (Å²) in [5, 5.41) is 0. The van der Waals surface area contributed by atoms with Gasteiger partial charge in [0.05, 0.1) is 6.10 Å². The van der Waals surface area contributed by atoms with E-state index in [4.69, 9.17) is 23.7 Å². The van der Waals surface area contributed by atoms with Gasteiger partial charge >= 0.3 is 11.9 Å². The van der Waals surface area contributed by atoms with Crippen LogP contribution in [-0.4, -0.2) is 48.1 Å². The normalized spacial score (nSPS) is 23.6. The lowest BCUT2D eigenvalue weighted by Crippen LogP contribution is -2.57. The summed E-state index contributed by atoms with van der Waals surface area (Å²) in [6, 6.07) is 12.0. The number of aryl methyl sites for hydroxylation is 1. The van der Waals surface area contributed by atoms with Gasteiger partial charge in [0.1, 0.15) is 18.5 Å². The van der Waals surface area contributed by atoms with Gasteiger partial charge < -0.3 is 23.7 Å². The van der Waals surface area contributed by atoms with Gasteiger partial charge in [-0.15, -0.1) is 0 Å². The second-order valence-electron chi connectivity index (χ2n) is 9.07. The van der Waals surface area contributed by atoms with Crippen molar-refractivity contribution in [1.82, 2.24) is 4.98 Å². The molecule has 0 radical (unpaired) electrons. The molecule has 1 aromatic carbocycles. The first kappa shape index (κ1) is 27.6. The molecule has 1 aliphatic rings. The van der Waals surface area contributed by atoms with E-state index < -0.39 is 30.4 Å². The van der Waals surface area contributed by atoms with Crippen LogP contribution in [-0.2, 0) is 41.6 Å². The predicted octanol–water partition coefficient (Wildman–Crippen LogP) is 4.63. The van der Waals surface area contributed by atoms with Crippen molar-refractivity contribution >= 4 is 11.9 Å². The SMILES string of the molecule is CC[C@H]1O[C@@H](OCCCCc2ccc(OCc3ccncc3)cc2)[C@H](OC(C)=O)[C@@H](OC(C)=O)[C@@H]1C. The third kappa shape index (κ3) is 8.31. The largest absolute Gasteiger partial charge is 0.489 e. The lowest BCUT2D eigenvalue weighted by Gasteiger charge is -2.43. The highest BCUT2D eigenvalue weighted by Crippen LogP contribution is 2.32. The fraction of sp³-hybridized carbons (Fsp3) is 0.536. The molecular weight excluding hydrogens is 462 g/mol. The summed E-state index contributed by atoms with van der Waals surface area (Å²) in [4.78, 5) is 27.4. The number of rotatable bonds is 12. The second-order valence-corrected chi connectivity index (χ2v) is 9.07. The summed E-state index contributed by atoms with van der Waals surface area (Å²) in [6.07, 6.45) is 4.50. The second kappa shape index (κ2) is 13.9. The van der Waals surface area contributed by atoms with Crippen molar-refractivity contribution in [2.45, 2.75) is 84.6 Å². The number of nitrogens with zero attached hydrogens (tertiary/aromatic N) is 1. The first-order valence-electron chi connectivity index (χ1n) is 12.6. The zero-order valence-corrected chi connectivity index (χ0v) is 21.6. The summed E-state index contributed by atoms with van der Waals surface area (Å²) in [5.74, 6) is -0.190.